The highest BCUT2D eigenvalue weighted by atomic mass is 127. The monoisotopic (exact) mass is 502 g/mol. The van der Waals surface area contributed by atoms with Gasteiger partial charge < -0.3 is 20.7 Å². The van der Waals surface area contributed by atoms with Gasteiger partial charge in [-0.3, -0.25) is 9.79 Å². The molecular weight excluding hydrogens is 467 g/mol. The fourth-order valence-electron chi connectivity index (χ4n) is 3.36. The van der Waals surface area contributed by atoms with E-state index in [1.54, 1.807) is 0 Å². The predicted molar refractivity (Wildman–Crippen MR) is 125 cm³/mol. The number of nitrogens with one attached hydrogen (secondary N) is 1. The van der Waals surface area contributed by atoms with Crippen LogP contribution in [0.2, 0.25) is 0 Å². The number of aryl methyl sites for hydroxylation is 1. The van der Waals surface area contributed by atoms with E-state index in [9.17, 15) is 4.79 Å². The van der Waals surface area contributed by atoms with E-state index in [1.165, 1.54) is 5.56 Å². The number of likely N-dealkylation sites (tertiary alicyclic amines) is 1. The molecule has 1 aliphatic heterocycles. The van der Waals surface area contributed by atoms with Crippen molar-refractivity contribution in [1.82, 2.24) is 10.2 Å². The standard InChI is InChI=1S/C21H34N4O2.HI/c1-3-23-21(25-13-6-7-18(16-25)15-20(22)26)24-12-4-5-14-27-19-10-8-17(2)9-11-19;/h8-11,18H,3-7,12-16H2,1-2H3,(H2,22,26)(H,23,24);1H. The molecule has 1 unspecified atom stereocenters. The van der Waals surface area contributed by atoms with Crippen LogP contribution >= 0.6 is 24.0 Å². The van der Waals surface area contributed by atoms with E-state index < -0.39 is 0 Å². The Morgan fingerprint density at radius 1 is 1.32 bits per heavy atom. The highest BCUT2D eigenvalue weighted by Crippen LogP contribution is 2.19. The van der Waals surface area contributed by atoms with E-state index in [1.807, 2.05) is 12.1 Å². The summed E-state index contributed by atoms with van der Waals surface area (Å²) in [6, 6.07) is 8.14. The first-order chi connectivity index (χ1) is 13.1. The highest BCUT2D eigenvalue weighted by Gasteiger charge is 2.23. The van der Waals surface area contributed by atoms with Gasteiger partial charge in [-0.25, -0.2) is 0 Å². The van der Waals surface area contributed by atoms with Gasteiger partial charge in [0.1, 0.15) is 5.75 Å². The second kappa shape index (κ2) is 13.6. The maximum Gasteiger partial charge on any atom is 0.217 e. The Morgan fingerprint density at radius 3 is 2.75 bits per heavy atom. The van der Waals surface area contributed by atoms with Gasteiger partial charge in [0.2, 0.25) is 5.91 Å². The minimum atomic E-state index is -0.211. The van der Waals surface area contributed by atoms with Crippen LogP contribution in [0.4, 0.5) is 0 Å². The molecule has 0 bridgehead atoms. The Kier molecular flexibility index (Phi) is 11.9. The number of rotatable bonds is 9. The topological polar surface area (TPSA) is 80.0 Å². The van der Waals surface area contributed by atoms with Gasteiger partial charge in [0.25, 0.3) is 0 Å². The summed E-state index contributed by atoms with van der Waals surface area (Å²) in [4.78, 5) is 18.2. The normalized spacial score (nSPS) is 17.0. The maximum absolute atomic E-state index is 11.2. The Morgan fingerprint density at radius 2 is 2.07 bits per heavy atom. The molecule has 3 N–H and O–H groups in total. The summed E-state index contributed by atoms with van der Waals surface area (Å²) in [5.41, 5.74) is 6.60. The molecule has 1 saturated heterocycles. The summed E-state index contributed by atoms with van der Waals surface area (Å²) < 4.78 is 5.76. The molecule has 1 amide bonds. The van der Waals surface area contributed by atoms with Gasteiger partial charge in [-0.05, 0) is 57.6 Å². The van der Waals surface area contributed by atoms with Crippen molar-refractivity contribution in [2.75, 3.05) is 32.8 Å². The summed E-state index contributed by atoms with van der Waals surface area (Å²) in [7, 11) is 0. The van der Waals surface area contributed by atoms with Crippen LogP contribution in [-0.2, 0) is 4.79 Å². The minimum Gasteiger partial charge on any atom is -0.494 e. The quantitative estimate of drug-likeness (QED) is 0.235. The summed E-state index contributed by atoms with van der Waals surface area (Å²) in [5, 5.41) is 3.38. The number of nitrogens with zero attached hydrogens (tertiary/aromatic N) is 2. The SMILES string of the molecule is CCNC(=NCCCCOc1ccc(C)cc1)N1CCCC(CC(N)=O)C1.I. The van der Waals surface area contributed by atoms with Crippen LogP contribution < -0.4 is 15.8 Å². The third kappa shape index (κ3) is 9.12. The van der Waals surface area contributed by atoms with Gasteiger partial charge in [0.05, 0.1) is 6.61 Å². The van der Waals surface area contributed by atoms with Gasteiger partial charge >= 0.3 is 0 Å². The van der Waals surface area contributed by atoms with E-state index in [2.05, 4.69) is 36.2 Å². The molecular formula is C21H35IN4O2. The van der Waals surface area contributed by atoms with E-state index in [0.29, 0.717) is 18.9 Å². The molecule has 1 atom stereocenters. The number of nitrogens with two attached hydrogens (primary N) is 1. The fourth-order valence-corrected chi connectivity index (χ4v) is 3.36. The van der Waals surface area contributed by atoms with Gasteiger partial charge in [0.15, 0.2) is 5.96 Å². The lowest BCUT2D eigenvalue weighted by atomic mass is 9.95. The van der Waals surface area contributed by atoms with Crippen LogP contribution in [0.25, 0.3) is 0 Å². The zero-order chi connectivity index (χ0) is 19.5. The molecule has 1 aliphatic rings. The zero-order valence-electron chi connectivity index (χ0n) is 17.2. The number of amides is 1. The highest BCUT2D eigenvalue weighted by molar-refractivity contribution is 14.0. The van der Waals surface area contributed by atoms with Crippen molar-refractivity contribution < 1.29 is 9.53 Å². The Hall–Kier alpha value is -1.51. The molecule has 1 aromatic carbocycles. The van der Waals surface area contributed by atoms with E-state index in [4.69, 9.17) is 15.5 Å². The summed E-state index contributed by atoms with van der Waals surface area (Å²) >= 11 is 0. The first kappa shape index (κ1) is 24.5. The second-order valence-electron chi connectivity index (χ2n) is 7.23. The number of carbonyl (C=O) groups excluding carboxylic acids is 1. The smallest absolute Gasteiger partial charge is 0.217 e. The molecule has 1 aromatic rings. The number of benzene rings is 1. The molecule has 2 rings (SSSR count). The Labute approximate surface area is 186 Å². The molecule has 6 nitrogen and oxygen atoms in total. The number of piperidine rings is 1. The summed E-state index contributed by atoms with van der Waals surface area (Å²) in [6.45, 7) is 8.31. The van der Waals surface area contributed by atoms with Crippen molar-refractivity contribution >= 4 is 35.8 Å². The van der Waals surface area contributed by atoms with Crippen LogP contribution in [0.5, 0.6) is 5.75 Å². The van der Waals surface area contributed by atoms with Crippen LogP contribution in [0, 0.1) is 12.8 Å². The van der Waals surface area contributed by atoms with E-state index in [0.717, 1.165) is 63.6 Å². The van der Waals surface area contributed by atoms with E-state index >= 15 is 0 Å². The fraction of sp³-hybridized carbons (Fsp3) is 0.619. The van der Waals surface area contributed by atoms with Crippen LogP contribution in [-0.4, -0.2) is 49.6 Å². The summed E-state index contributed by atoms with van der Waals surface area (Å²) in [5.74, 6) is 2.00. The molecule has 0 saturated carbocycles. The third-order valence-electron chi connectivity index (χ3n) is 4.75. The number of ether oxygens (including phenoxy) is 1. The van der Waals surface area contributed by atoms with Crippen LogP contribution in [0.3, 0.4) is 0 Å². The molecule has 158 valence electrons. The number of carbonyl (C=O) groups is 1. The second-order valence-corrected chi connectivity index (χ2v) is 7.23. The minimum absolute atomic E-state index is 0. The number of unbranched alkanes of at least 4 members (excludes halogenated alkanes) is 1. The average Bonchev–Trinajstić information content (AvgIpc) is 2.65. The van der Waals surface area contributed by atoms with Gasteiger partial charge in [-0.2, -0.15) is 0 Å². The number of primary amides is 1. The molecule has 0 aliphatic carbocycles. The van der Waals surface area contributed by atoms with Crippen molar-refractivity contribution in [2.24, 2.45) is 16.6 Å². The van der Waals surface area contributed by atoms with Crippen LogP contribution in [0.1, 0.15) is 44.6 Å². The first-order valence-electron chi connectivity index (χ1n) is 10.1. The number of hydrogen-bond donors (Lipinski definition) is 2. The molecule has 28 heavy (non-hydrogen) atoms. The number of aliphatic imine (C=N–C) groups is 1. The van der Waals surface area contributed by atoms with Crippen molar-refractivity contribution in [1.29, 1.82) is 0 Å². The molecule has 1 heterocycles. The van der Waals surface area contributed by atoms with Crippen molar-refractivity contribution in [3.63, 3.8) is 0 Å². The first-order valence-corrected chi connectivity index (χ1v) is 10.1. The lowest BCUT2D eigenvalue weighted by Crippen LogP contribution is -2.47. The van der Waals surface area contributed by atoms with Gasteiger partial charge in [0, 0.05) is 32.6 Å². The average molecular weight is 502 g/mol. The number of halogens is 1. The molecule has 7 heteroatoms. The molecule has 0 aromatic heterocycles. The number of guanidine groups is 1. The van der Waals surface area contributed by atoms with Gasteiger partial charge in [-0.15, -0.1) is 24.0 Å². The van der Waals surface area contributed by atoms with Crippen LogP contribution in [0.15, 0.2) is 29.3 Å². The van der Waals surface area contributed by atoms with Gasteiger partial charge in [-0.1, -0.05) is 17.7 Å². The lowest BCUT2D eigenvalue weighted by Gasteiger charge is -2.34. The zero-order valence-corrected chi connectivity index (χ0v) is 19.5. The third-order valence-corrected chi connectivity index (χ3v) is 4.75. The predicted octanol–water partition coefficient (Wildman–Crippen LogP) is 3.32. The maximum atomic E-state index is 11.2. The van der Waals surface area contributed by atoms with Crippen molar-refractivity contribution in [3.8, 4) is 5.75 Å². The van der Waals surface area contributed by atoms with Crippen molar-refractivity contribution in [2.45, 2.75) is 46.0 Å². The summed E-state index contributed by atoms with van der Waals surface area (Å²) in [6.07, 6.45) is 4.56. The Bertz CT molecular complexity index is 607. The van der Waals surface area contributed by atoms with E-state index in [-0.39, 0.29) is 29.9 Å². The molecule has 0 radical (unpaired) electrons. The Balaban J connectivity index is 0.00000392. The molecule has 0 spiro atoms. The number of hydrogen-bond acceptors (Lipinski definition) is 3. The van der Waals surface area contributed by atoms with Crippen molar-refractivity contribution in [3.05, 3.63) is 29.8 Å². The lowest BCUT2D eigenvalue weighted by molar-refractivity contribution is -0.119. The largest absolute Gasteiger partial charge is 0.494 e. The molecule has 1 fully saturated rings.